The Morgan fingerprint density at radius 3 is 2.80 bits per heavy atom. The second-order valence-electron chi connectivity index (χ2n) is 7.22. The van der Waals surface area contributed by atoms with Crippen LogP contribution in [0.1, 0.15) is 12.8 Å². The lowest BCUT2D eigenvalue weighted by molar-refractivity contribution is -0.124. The third-order valence-electron chi connectivity index (χ3n) is 4.82. The van der Waals surface area contributed by atoms with E-state index in [1.165, 1.54) is 6.07 Å². The topological polar surface area (TPSA) is 90.5 Å². The number of nitrogens with one attached hydrogen (secondary N) is 2. The molecule has 1 aliphatic heterocycles. The molecule has 30 heavy (non-hydrogen) atoms. The molecule has 1 unspecified atom stereocenters. The Balaban J connectivity index is 1.42. The third-order valence-corrected chi connectivity index (χ3v) is 4.82. The fourth-order valence-corrected chi connectivity index (χ4v) is 3.46. The zero-order chi connectivity index (χ0) is 21.5. The SMILES string of the molecule is CN(CC(=O)NCC(=O)Nc1ccc(F)c(F)c1)CC1CCCN1c1cccnn1. The largest absolute Gasteiger partial charge is 0.351 e. The Hall–Kier alpha value is -3.14. The number of halogens is 2. The predicted octanol–water partition coefficient (Wildman–Crippen LogP) is 1.41. The molecule has 2 amide bonds. The van der Waals surface area contributed by atoms with Crippen LogP contribution in [-0.4, -0.2) is 66.2 Å². The minimum absolute atomic E-state index is 0.121. The smallest absolute Gasteiger partial charge is 0.243 e. The first-order valence-corrected chi connectivity index (χ1v) is 9.67. The normalized spacial score (nSPS) is 16.0. The Labute approximate surface area is 173 Å². The van der Waals surface area contributed by atoms with Crippen molar-refractivity contribution in [2.24, 2.45) is 0 Å². The Kier molecular flexibility index (Phi) is 7.23. The standard InChI is InChI=1S/C20H24F2N6O2/c1-27(12-15-4-3-9-28(15)18-5-2-8-24-26-18)13-20(30)23-11-19(29)25-14-6-7-16(21)17(22)10-14/h2,5-8,10,15H,3-4,9,11-13H2,1H3,(H,23,30)(H,25,29). The van der Waals surface area contributed by atoms with Crippen molar-refractivity contribution in [3.63, 3.8) is 0 Å². The van der Waals surface area contributed by atoms with Crippen LogP contribution in [0.2, 0.25) is 0 Å². The van der Waals surface area contributed by atoms with E-state index in [4.69, 9.17) is 0 Å². The van der Waals surface area contributed by atoms with E-state index in [2.05, 4.69) is 25.7 Å². The van der Waals surface area contributed by atoms with Gasteiger partial charge in [0.15, 0.2) is 17.5 Å². The van der Waals surface area contributed by atoms with Crippen LogP contribution in [0.15, 0.2) is 36.5 Å². The fraction of sp³-hybridized carbons (Fsp3) is 0.400. The summed E-state index contributed by atoms with van der Waals surface area (Å²) in [4.78, 5) is 28.1. The molecule has 1 aromatic carbocycles. The molecule has 160 valence electrons. The van der Waals surface area contributed by atoms with Crippen LogP contribution >= 0.6 is 0 Å². The monoisotopic (exact) mass is 418 g/mol. The molecule has 0 radical (unpaired) electrons. The van der Waals surface area contributed by atoms with Crippen LogP contribution in [0, 0.1) is 11.6 Å². The summed E-state index contributed by atoms with van der Waals surface area (Å²) in [6.45, 7) is 1.43. The van der Waals surface area contributed by atoms with Crippen molar-refractivity contribution in [1.29, 1.82) is 0 Å². The third kappa shape index (κ3) is 5.93. The highest BCUT2D eigenvalue weighted by molar-refractivity contribution is 5.94. The van der Waals surface area contributed by atoms with Crippen molar-refractivity contribution >= 4 is 23.3 Å². The van der Waals surface area contributed by atoms with Crippen molar-refractivity contribution in [2.45, 2.75) is 18.9 Å². The number of carbonyl (C=O) groups is 2. The average Bonchev–Trinajstić information content (AvgIpc) is 3.18. The maximum atomic E-state index is 13.2. The van der Waals surface area contributed by atoms with Crippen LogP contribution in [-0.2, 0) is 9.59 Å². The van der Waals surface area contributed by atoms with Crippen molar-refractivity contribution in [3.8, 4) is 0 Å². The quantitative estimate of drug-likeness (QED) is 0.674. The van der Waals surface area contributed by atoms with Crippen molar-refractivity contribution < 1.29 is 18.4 Å². The number of anilines is 2. The molecule has 0 bridgehead atoms. The van der Waals surface area contributed by atoms with E-state index < -0.39 is 17.5 Å². The van der Waals surface area contributed by atoms with Gasteiger partial charge in [-0.1, -0.05) is 0 Å². The minimum atomic E-state index is -1.05. The van der Waals surface area contributed by atoms with Gasteiger partial charge in [-0.15, -0.1) is 5.10 Å². The molecule has 0 spiro atoms. The van der Waals surface area contributed by atoms with Crippen molar-refractivity contribution in [2.75, 3.05) is 43.4 Å². The molecular weight excluding hydrogens is 394 g/mol. The molecule has 2 heterocycles. The van der Waals surface area contributed by atoms with E-state index >= 15 is 0 Å². The van der Waals surface area contributed by atoms with Gasteiger partial charge in [0.25, 0.3) is 0 Å². The van der Waals surface area contributed by atoms with Crippen LogP contribution in [0.25, 0.3) is 0 Å². The molecule has 1 aliphatic rings. The first-order valence-electron chi connectivity index (χ1n) is 9.67. The van der Waals surface area contributed by atoms with E-state index in [1.807, 2.05) is 24.1 Å². The van der Waals surface area contributed by atoms with E-state index in [1.54, 1.807) is 6.20 Å². The van der Waals surface area contributed by atoms with E-state index in [-0.39, 0.29) is 30.7 Å². The van der Waals surface area contributed by atoms with Gasteiger partial charge in [-0.25, -0.2) is 8.78 Å². The fourth-order valence-electron chi connectivity index (χ4n) is 3.46. The molecule has 0 saturated carbocycles. The second kappa shape index (κ2) is 10.1. The number of rotatable bonds is 8. The summed E-state index contributed by atoms with van der Waals surface area (Å²) in [5.74, 6) is -2.05. The van der Waals surface area contributed by atoms with Gasteiger partial charge in [0.1, 0.15) is 0 Å². The summed E-state index contributed by atoms with van der Waals surface area (Å²) in [5, 5.41) is 13.0. The molecule has 1 atom stereocenters. The highest BCUT2D eigenvalue weighted by Crippen LogP contribution is 2.23. The molecule has 2 N–H and O–H groups in total. The van der Waals surface area contributed by atoms with Crippen molar-refractivity contribution in [3.05, 3.63) is 48.2 Å². The van der Waals surface area contributed by atoms with Crippen molar-refractivity contribution in [1.82, 2.24) is 20.4 Å². The van der Waals surface area contributed by atoms with Gasteiger partial charge in [-0.2, -0.15) is 5.10 Å². The molecule has 1 fully saturated rings. The minimum Gasteiger partial charge on any atom is -0.351 e. The van der Waals surface area contributed by atoms with Gasteiger partial charge in [0, 0.05) is 37.1 Å². The Morgan fingerprint density at radius 2 is 2.07 bits per heavy atom. The van der Waals surface area contributed by atoms with Crippen LogP contribution in [0.4, 0.5) is 20.3 Å². The molecule has 8 nitrogen and oxygen atoms in total. The number of nitrogens with zero attached hydrogens (tertiary/aromatic N) is 4. The molecular formula is C20H24F2N6O2. The first kappa shape index (κ1) is 21.6. The predicted molar refractivity (Wildman–Crippen MR) is 108 cm³/mol. The zero-order valence-corrected chi connectivity index (χ0v) is 16.6. The van der Waals surface area contributed by atoms with Gasteiger partial charge in [-0.3, -0.25) is 14.5 Å². The van der Waals surface area contributed by atoms with Gasteiger partial charge in [-0.05, 0) is 44.2 Å². The molecule has 3 rings (SSSR count). The van der Waals surface area contributed by atoms with Gasteiger partial charge in [0.2, 0.25) is 11.8 Å². The summed E-state index contributed by atoms with van der Waals surface area (Å²) in [6.07, 6.45) is 3.68. The average molecular weight is 418 g/mol. The van der Waals surface area contributed by atoms with E-state index in [0.29, 0.717) is 6.54 Å². The first-order chi connectivity index (χ1) is 14.4. The van der Waals surface area contributed by atoms with Gasteiger partial charge in [0.05, 0.1) is 13.1 Å². The maximum absolute atomic E-state index is 13.2. The molecule has 1 aromatic heterocycles. The molecule has 1 saturated heterocycles. The highest BCUT2D eigenvalue weighted by Gasteiger charge is 2.27. The number of hydrogen-bond donors (Lipinski definition) is 2. The summed E-state index contributed by atoms with van der Waals surface area (Å²) in [6, 6.07) is 7.05. The summed E-state index contributed by atoms with van der Waals surface area (Å²) >= 11 is 0. The number of aromatic nitrogens is 2. The number of carbonyl (C=O) groups excluding carboxylic acids is 2. The van der Waals surface area contributed by atoms with Crippen LogP contribution in [0.3, 0.4) is 0 Å². The van der Waals surface area contributed by atoms with Crippen LogP contribution < -0.4 is 15.5 Å². The van der Waals surface area contributed by atoms with Gasteiger partial charge >= 0.3 is 0 Å². The van der Waals surface area contributed by atoms with Gasteiger partial charge < -0.3 is 15.5 Å². The highest BCUT2D eigenvalue weighted by atomic mass is 19.2. The summed E-state index contributed by atoms with van der Waals surface area (Å²) in [5.41, 5.74) is 0.121. The number of benzene rings is 1. The van der Waals surface area contributed by atoms with E-state index in [9.17, 15) is 18.4 Å². The molecule has 0 aliphatic carbocycles. The Morgan fingerprint density at radius 1 is 1.23 bits per heavy atom. The lowest BCUT2D eigenvalue weighted by atomic mass is 10.2. The van der Waals surface area contributed by atoms with Crippen LogP contribution in [0.5, 0.6) is 0 Å². The Bertz CT molecular complexity index is 883. The zero-order valence-electron chi connectivity index (χ0n) is 16.6. The lowest BCUT2D eigenvalue weighted by Gasteiger charge is -2.28. The summed E-state index contributed by atoms with van der Waals surface area (Å²) < 4.78 is 26.1. The number of likely N-dealkylation sites (N-methyl/N-ethyl adjacent to an activating group) is 1. The summed E-state index contributed by atoms with van der Waals surface area (Å²) in [7, 11) is 1.84. The number of amides is 2. The lowest BCUT2D eigenvalue weighted by Crippen LogP contribution is -2.44. The number of hydrogen-bond acceptors (Lipinski definition) is 6. The molecule has 2 aromatic rings. The van der Waals surface area contributed by atoms with E-state index in [0.717, 1.165) is 37.3 Å². The second-order valence-corrected chi connectivity index (χ2v) is 7.22. The maximum Gasteiger partial charge on any atom is 0.243 e. The molecule has 10 heteroatoms.